The highest BCUT2D eigenvalue weighted by Crippen LogP contribution is 2.45. The Labute approximate surface area is 268 Å². The molecule has 246 valence electrons. The standard InChI is InChI=1S/C29H28ClF3N10O4/c30-18-13-17(29(31,32)33)1-2-19(18)34-22(44)15-42-20-3-6-28(7-9-41(10-8-28)23(45)14-21-36-39-40-37-21)24(20)26(46)43-27(42)35-25(38-43)16-4-11-47-12-5-16/h1-2,4,13H,3,5-12,14-15H2,(H,34,44)(H,36,37,39,40). The number of H-pyrrole nitrogens is 1. The molecule has 47 heavy (non-hydrogen) atoms. The molecule has 2 amide bonds. The van der Waals surface area contributed by atoms with E-state index < -0.39 is 23.1 Å². The van der Waals surface area contributed by atoms with Gasteiger partial charge in [-0.05, 0) is 55.9 Å². The van der Waals surface area contributed by atoms with E-state index in [9.17, 15) is 27.6 Å². The zero-order valence-electron chi connectivity index (χ0n) is 24.8. The van der Waals surface area contributed by atoms with Crippen molar-refractivity contribution in [1.82, 2.24) is 44.7 Å². The van der Waals surface area contributed by atoms with Crippen molar-refractivity contribution in [2.45, 2.75) is 56.7 Å². The third kappa shape index (κ3) is 5.77. The summed E-state index contributed by atoms with van der Waals surface area (Å²) in [6.45, 7) is 1.39. The number of tetrazole rings is 1. The number of nitrogens with zero attached hydrogens (tertiary/aromatic N) is 8. The first-order valence-electron chi connectivity index (χ1n) is 15.0. The summed E-state index contributed by atoms with van der Waals surface area (Å²) < 4.78 is 47.8. The van der Waals surface area contributed by atoms with Crippen LogP contribution in [-0.4, -0.2) is 82.8 Å². The van der Waals surface area contributed by atoms with Crippen LogP contribution >= 0.6 is 11.6 Å². The highest BCUT2D eigenvalue weighted by molar-refractivity contribution is 6.33. The number of nitrogens with one attached hydrogen (secondary N) is 2. The SMILES string of the molecule is O=C(Cn1c2c(c(=O)n3nc(C4=CCOCC4)nc13)C1(CC2)CCN(C(=O)Cc2nn[nH]n2)CC1)Nc1ccc(C(F)(F)F)cc1Cl. The Morgan fingerprint density at radius 2 is 1.96 bits per heavy atom. The third-order valence-electron chi connectivity index (χ3n) is 9.12. The van der Waals surface area contributed by atoms with Crippen LogP contribution in [0, 0.1) is 0 Å². The fourth-order valence-electron chi connectivity index (χ4n) is 6.72. The smallest absolute Gasteiger partial charge is 0.377 e. The fourth-order valence-corrected chi connectivity index (χ4v) is 6.95. The lowest BCUT2D eigenvalue weighted by Crippen LogP contribution is -2.47. The second kappa shape index (κ2) is 11.9. The molecule has 0 radical (unpaired) electrons. The van der Waals surface area contributed by atoms with E-state index in [1.165, 1.54) is 4.52 Å². The number of rotatable bonds is 6. The van der Waals surface area contributed by atoms with Gasteiger partial charge in [0.1, 0.15) is 6.54 Å². The number of hydrogen-bond donors (Lipinski definition) is 2. The predicted molar refractivity (Wildman–Crippen MR) is 159 cm³/mol. The quantitative estimate of drug-likeness (QED) is 0.313. The minimum Gasteiger partial charge on any atom is -0.377 e. The first-order valence-corrected chi connectivity index (χ1v) is 15.4. The summed E-state index contributed by atoms with van der Waals surface area (Å²) in [4.78, 5) is 46.9. The average molecular weight is 673 g/mol. The van der Waals surface area contributed by atoms with E-state index in [1.807, 2.05) is 6.08 Å². The number of aromatic amines is 1. The van der Waals surface area contributed by atoms with Gasteiger partial charge in [-0.3, -0.25) is 14.4 Å². The lowest BCUT2D eigenvalue weighted by molar-refractivity contribution is -0.137. The fraction of sp³-hybridized carbons (Fsp3) is 0.448. The van der Waals surface area contributed by atoms with Gasteiger partial charge in [-0.15, -0.1) is 15.3 Å². The summed E-state index contributed by atoms with van der Waals surface area (Å²) in [5.41, 5.74) is 0.190. The molecule has 2 aliphatic heterocycles. The molecule has 0 bridgehead atoms. The van der Waals surface area contributed by atoms with Crippen LogP contribution in [0.4, 0.5) is 18.9 Å². The van der Waals surface area contributed by atoms with Crippen molar-refractivity contribution in [2.75, 3.05) is 31.6 Å². The van der Waals surface area contributed by atoms with Crippen molar-refractivity contribution in [3.63, 3.8) is 0 Å². The van der Waals surface area contributed by atoms with Gasteiger partial charge in [0, 0.05) is 29.8 Å². The van der Waals surface area contributed by atoms with Gasteiger partial charge in [-0.2, -0.15) is 27.9 Å². The molecule has 4 aromatic rings. The van der Waals surface area contributed by atoms with Gasteiger partial charge in [-0.25, -0.2) is 0 Å². The molecule has 5 heterocycles. The summed E-state index contributed by atoms with van der Waals surface area (Å²) in [6, 6.07) is 2.69. The van der Waals surface area contributed by atoms with Gasteiger partial charge >= 0.3 is 6.18 Å². The van der Waals surface area contributed by atoms with Crippen LogP contribution in [0.5, 0.6) is 0 Å². The number of aromatic nitrogens is 8. The maximum Gasteiger partial charge on any atom is 0.416 e. The molecule has 0 saturated carbocycles. The van der Waals surface area contributed by atoms with Gasteiger partial charge in [0.05, 0.1) is 35.9 Å². The molecule has 3 aromatic heterocycles. The minimum absolute atomic E-state index is 0.00813. The molecular formula is C29H28ClF3N10O4. The Morgan fingerprint density at radius 1 is 1.15 bits per heavy atom. The lowest BCUT2D eigenvalue weighted by Gasteiger charge is -2.39. The van der Waals surface area contributed by atoms with Crippen LogP contribution in [0.2, 0.25) is 5.02 Å². The number of anilines is 1. The molecule has 18 heteroatoms. The number of carbonyl (C=O) groups is 2. The Balaban J connectivity index is 1.22. The molecule has 1 saturated heterocycles. The van der Waals surface area contributed by atoms with Crippen LogP contribution in [0.25, 0.3) is 11.4 Å². The van der Waals surface area contributed by atoms with Crippen LogP contribution in [-0.2, 0) is 45.3 Å². The van der Waals surface area contributed by atoms with E-state index in [1.54, 1.807) is 9.47 Å². The van der Waals surface area contributed by atoms with Crippen LogP contribution in [0.1, 0.15) is 54.2 Å². The minimum atomic E-state index is -4.59. The molecule has 14 nitrogen and oxygen atoms in total. The van der Waals surface area contributed by atoms with Gasteiger partial charge in [0.25, 0.3) is 5.56 Å². The highest BCUT2D eigenvalue weighted by Gasteiger charge is 2.46. The summed E-state index contributed by atoms with van der Waals surface area (Å²) >= 11 is 6.11. The Kier molecular flexibility index (Phi) is 7.82. The topological polar surface area (TPSA) is 165 Å². The average Bonchev–Trinajstić information content (AvgIpc) is 3.81. The van der Waals surface area contributed by atoms with Gasteiger partial charge < -0.3 is 19.5 Å². The van der Waals surface area contributed by atoms with E-state index in [0.717, 1.165) is 23.8 Å². The first-order chi connectivity index (χ1) is 22.5. The zero-order valence-corrected chi connectivity index (χ0v) is 25.6. The molecule has 1 fully saturated rings. The van der Waals surface area contributed by atoms with Crippen LogP contribution in [0.3, 0.4) is 0 Å². The second-order valence-electron chi connectivity index (χ2n) is 11.8. The van der Waals surface area contributed by atoms with Crippen LogP contribution in [0.15, 0.2) is 29.1 Å². The number of halogens is 4. The predicted octanol–water partition coefficient (Wildman–Crippen LogP) is 2.57. The number of hydrogen-bond acceptors (Lipinski definition) is 9. The summed E-state index contributed by atoms with van der Waals surface area (Å²) in [7, 11) is 0. The summed E-state index contributed by atoms with van der Waals surface area (Å²) in [5, 5.41) is 20.5. The number of likely N-dealkylation sites (tertiary alicyclic amines) is 1. The number of alkyl halides is 3. The van der Waals surface area contributed by atoms with Gasteiger partial charge in [0.15, 0.2) is 11.6 Å². The maximum absolute atomic E-state index is 14.2. The first kappa shape index (κ1) is 31.0. The third-order valence-corrected chi connectivity index (χ3v) is 9.43. The monoisotopic (exact) mass is 672 g/mol. The molecule has 0 unspecified atom stereocenters. The normalized spacial score (nSPS) is 17.6. The molecule has 7 rings (SSSR count). The van der Waals surface area contributed by atoms with E-state index in [-0.39, 0.29) is 40.9 Å². The Bertz CT molecular complexity index is 1960. The van der Waals surface area contributed by atoms with E-state index in [2.05, 4.69) is 36.0 Å². The molecule has 0 atom stereocenters. The number of carbonyl (C=O) groups excluding carboxylic acids is 2. The maximum atomic E-state index is 14.2. The number of benzene rings is 1. The van der Waals surface area contributed by atoms with Gasteiger partial charge in [-0.1, -0.05) is 22.9 Å². The highest BCUT2D eigenvalue weighted by atomic mass is 35.5. The van der Waals surface area contributed by atoms with Crippen molar-refractivity contribution in [1.29, 1.82) is 0 Å². The number of fused-ring (bicyclic) bond motifs is 3. The summed E-state index contributed by atoms with van der Waals surface area (Å²) in [5.74, 6) is 0.109. The largest absolute Gasteiger partial charge is 0.416 e. The molecule has 2 N–H and O–H groups in total. The van der Waals surface area contributed by atoms with Crippen molar-refractivity contribution in [2.24, 2.45) is 0 Å². The van der Waals surface area contributed by atoms with E-state index in [0.29, 0.717) is 81.3 Å². The number of piperidine rings is 1. The number of ether oxygens (including phenoxy) is 1. The lowest BCUT2D eigenvalue weighted by atomic mass is 9.74. The number of amides is 2. The van der Waals surface area contributed by atoms with Crippen molar-refractivity contribution in [3.05, 3.63) is 68.1 Å². The molecule has 1 aliphatic carbocycles. The molecule has 1 spiro atoms. The Morgan fingerprint density at radius 3 is 2.64 bits per heavy atom. The molecule has 1 aromatic carbocycles. The van der Waals surface area contributed by atoms with E-state index in [4.69, 9.17) is 16.3 Å². The zero-order chi connectivity index (χ0) is 32.9. The van der Waals surface area contributed by atoms with Gasteiger partial charge in [0.2, 0.25) is 17.6 Å². The summed E-state index contributed by atoms with van der Waals surface area (Å²) in [6.07, 6.45) is -0.0316. The second-order valence-corrected chi connectivity index (χ2v) is 12.2. The van der Waals surface area contributed by atoms with Crippen molar-refractivity contribution < 1.29 is 27.5 Å². The van der Waals surface area contributed by atoms with Crippen molar-refractivity contribution in [3.8, 4) is 0 Å². The molecule has 3 aliphatic rings. The van der Waals surface area contributed by atoms with Crippen molar-refractivity contribution >= 4 is 40.5 Å². The van der Waals surface area contributed by atoms with Crippen LogP contribution < -0.4 is 10.9 Å². The molecular weight excluding hydrogens is 645 g/mol. The Hall–Kier alpha value is -4.64. The van der Waals surface area contributed by atoms with E-state index >= 15 is 0 Å².